The molecule has 3 rings (SSSR count). The van der Waals surface area contributed by atoms with E-state index in [0.717, 1.165) is 56.4 Å². The number of hydrogen-bond donors (Lipinski definition) is 2. The van der Waals surface area contributed by atoms with Gasteiger partial charge in [-0.3, -0.25) is 4.68 Å². The van der Waals surface area contributed by atoms with Gasteiger partial charge in [-0.05, 0) is 50.3 Å². The van der Waals surface area contributed by atoms with Gasteiger partial charge in [0.25, 0.3) is 0 Å². The minimum Gasteiger partial charge on any atom is -0.491 e. The topological polar surface area (TPSA) is 72.7 Å². The van der Waals surface area contributed by atoms with E-state index in [0.29, 0.717) is 19.1 Å². The summed E-state index contributed by atoms with van der Waals surface area (Å²) in [6.45, 7) is 10.9. The highest BCUT2D eigenvalue weighted by Gasteiger charge is 2.17. The van der Waals surface area contributed by atoms with Crippen molar-refractivity contribution in [1.29, 1.82) is 0 Å². The number of nitrogens with zero attached hydrogens (tertiary/aromatic N) is 3. The highest BCUT2D eigenvalue weighted by atomic mass is 16.5. The van der Waals surface area contributed by atoms with Crippen molar-refractivity contribution in [3.63, 3.8) is 0 Å². The number of rotatable bonds is 10. The van der Waals surface area contributed by atoms with E-state index in [1.165, 1.54) is 5.56 Å². The molecule has 1 aromatic heterocycles. The predicted molar refractivity (Wildman–Crippen MR) is 120 cm³/mol. The van der Waals surface area contributed by atoms with E-state index in [4.69, 9.17) is 14.5 Å². The van der Waals surface area contributed by atoms with Crippen LogP contribution in [0.4, 0.5) is 0 Å². The molecule has 2 N–H and O–H groups in total. The van der Waals surface area contributed by atoms with Crippen LogP contribution in [0.5, 0.6) is 5.75 Å². The SMILES string of the molecule is CCNC(=NCc1ccc(C)cc1OCC1CCCO1)NCC(C)Cn1cccn1. The first kappa shape index (κ1) is 22.2. The average molecular weight is 414 g/mol. The summed E-state index contributed by atoms with van der Waals surface area (Å²) in [7, 11) is 0. The Morgan fingerprint density at radius 2 is 2.30 bits per heavy atom. The molecular weight excluding hydrogens is 378 g/mol. The third kappa shape index (κ3) is 7.06. The summed E-state index contributed by atoms with van der Waals surface area (Å²) in [5.41, 5.74) is 2.27. The molecule has 1 saturated heterocycles. The van der Waals surface area contributed by atoms with Crippen molar-refractivity contribution in [2.24, 2.45) is 10.9 Å². The van der Waals surface area contributed by atoms with Crippen LogP contribution in [-0.4, -0.2) is 48.1 Å². The van der Waals surface area contributed by atoms with Gasteiger partial charge in [0.1, 0.15) is 12.4 Å². The number of aliphatic imine (C=N–C) groups is 1. The predicted octanol–water partition coefficient (Wildman–Crippen LogP) is 3.14. The molecule has 1 aliphatic heterocycles. The minimum absolute atomic E-state index is 0.206. The molecule has 164 valence electrons. The molecular formula is C23H35N5O2. The fourth-order valence-corrected chi connectivity index (χ4v) is 3.45. The second-order valence-electron chi connectivity index (χ2n) is 7.97. The summed E-state index contributed by atoms with van der Waals surface area (Å²) in [5.74, 6) is 2.14. The van der Waals surface area contributed by atoms with E-state index in [9.17, 15) is 0 Å². The zero-order chi connectivity index (χ0) is 21.2. The molecule has 1 aliphatic rings. The summed E-state index contributed by atoms with van der Waals surface area (Å²) < 4.78 is 13.8. The van der Waals surface area contributed by atoms with Gasteiger partial charge in [0.15, 0.2) is 5.96 Å². The maximum atomic E-state index is 6.11. The highest BCUT2D eigenvalue weighted by Crippen LogP contribution is 2.23. The number of hydrogen-bond acceptors (Lipinski definition) is 4. The van der Waals surface area contributed by atoms with Crippen LogP contribution in [0.1, 0.15) is 37.8 Å². The third-order valence-electron chi connectivity index (χ3n) is 5.10. The van der Waals surface area contributed by atoms with Gasteiger partial charge < -0.3 is 20.1 Å². The molecule has 1 aromatic carbocycles. The molecule has 0 radical (unpaired) electrons. The van der Waals surface area contributed by atoms with Crippen molar-refractivity contribution in [3.05, 3.63) is 47.8 Å². The van der Waals surface area contributed by atoms with Crippen LogP contribution in [0.15, 0.2) is 41.7 Å². The molecule has 7 heteroatoms. The Balaban J connectivity index is 1.57. The van der Waals surface area contributed by atoms with Gasteiger partial charge in [-0.1, -0.05) is 19.1 Å². The first-order valence-corrected chi connectivity index (χ1v) is 11.0. The highest BCUT2D eigenvalue weighted by molar-refractivity contribution is 5.79. The first-order chi connectivity index (χ1) is 14.6. The van der Waals surface area contributed by atoms with E-state index < -0.39 is 0 Å². The first-order valence-electron chi connectivity index (χ1n) is 11.0. The van der Waals surface area contributed by atoms with Crippen LogP contribution in [0.25, 0.3) is 0 Å². The lowest BCUT2D eigenvalue weighted by Crippen LogP contribution is -2.40. The molecule has 0 amide bonds. The second kappa shape index (κ2) is 11.6. The summed E-state index contributed by atoms with van der Waals surface area (Å²) in [6, 6.07) is 8.25. The smallest absolute Gasteiger partial charge is 0.191 e. The molecule has 0 bridgehead atoms. The van der Waals surface area contributed by atoms with Gasteiger partial charge in [0.2, 0.25) is 0 Å². The summed E-state index contributed by atoms with van der Waals surface area (Å²) in [5, 5.41) is 11.1. The van der Waals surface area contributed by atoms with Crippen molar-refractivity contribution in [1.82, 2.24) is 20.4 Å². The number of benzene rings is 1. The van der Waals surface area contributed by atoms with Gasteiger partial charge in [0, 0.05) is 44.2 Å². The van der Waals surface area contributed by atoms with Gasteiger partial charge in [-0.2, -0.15) is 5.10 Å². The Kier molecular flexibility index (Phi) is 8.56. The van der Waals surface area contributed by atoms with Gasteiger partial charge in [-0.25, -0.2) is 4.99 Å². The van der Waals surface area contributed by atoms with Crippen LogP contribution in [0.3, 0.4) is 0 Å². The Morgan fingerprint density at radius 1 is 1.40 bits per heavy atom. The Hall–Kier alpha value is -2.54. The standard InChI is InChI=1S/C23H35N5O2/c1-4-24-23(25-14-19(3)16-28-11-6-10-27-28)26-15-20-9-8-18(2)13-22(20)30-17-21-7-5-12-29-21/h6,8-11,13,19,21H,4-5,7,12,14-17H2,1-3H3,(H2,24,25,26). The van der Waals surface area contributed by atoms with Crippen molar-refractivity contribution in [2.45, 2.75) is 52.8 Å². The number of aryl methyl sites for hydroxylation is 1. The van der Waals surface area contributed by atoms with Crippen LogP contribution < -0.4 is 15.4 Å². The molecule has 7 nitrogen and oxygen atoms in total. The number of ether oxygens (including phenoxy) is 2. The van der Waals surface area contributed by atoms with Crippen LogP contribution in [-0.2, 0) is 17.8 Å². The normalized spacial score (nSPS) is 17.7. The Morgan fingerprint density at radius 3 is 3.03 bits per heavy atom. The monoisotopic (exact) mass is 413 g/mol. The van der Waals surface area contributed by atoms with Crippen molar-refractivity contribution in [2.75, 3.05) is 26.3 Å². The van der Waals surface area contributed by atoms with Crippen LogP contribution in [0, 0.1) is 12.8 Å². The summed E-state index contributed by atoms with van der Waals surface area (Å²) >= 11 is 0. The lowest BCUT2D eigenvalue weighted by atomic mass is 10.1. The molecule has 30 heavy (non-hydrogen) atoms. The largest absolute Gasteiger partial charge is 0.491 e. The molecule has 2 aromatic rings. The molecule has 0 aliphatic carbocycles. The van der Waals surface area contributed by atoms with E-state index in [1.807, 2.05) is 23.1 Å². The van der Waals surface area contributed by atoms with Gasteiger partial charge in [0.05, 0.1) is 12.6 Å². The number of aromatic nitrogens is 2. The lowest BCUT2D eigenvalue weighted by Gasteiger charge is -2.17. The quantitative estimate of drug-likeness (QED) is 0.462. The summed E-state index contributed by atoms with van der Waals surface area (Å²) in [4.78, 5) is 4.78. The summed E-state index contributed by atoms with van der Waals surface area (Å²) in [6.07, 6.45) is 6.20. The number of guanidine groups is 1. The fraction of sp³-hybridized carbons (Fsp3) is 0.565. The molecule has 0 spiro atoms. The van der Waals surface area contributed by atoms with Gasteiger partial charge in [-0.15, -0.1) is 0 Å². The Labute approximate surface area is 179 Å². The van der Waals surface area contributed by atoms with E-state index in [1.54, 1.807) is 0 Å². The van der Waals surface area contributed by atoms with Crippen molar-refractivity contribution < 1.29 is 9.47 Å². The van der Waals surface area contributed by atoms with Crippen molar-refractivity contribution in [3.8, 4) is 5.75 Å². The van der Waals surface area contributed by atoms with Crippen molar-refractivity contribution >= 4 is 5.96 Å². The molecule has 2 atom stereocenters. The van der Waals surface area contributed by atoms with Gasteiger partial charge >= 0.3 is 0 Å². The average Bonchev–Trinajstić information content (AvgIpc) is 3.43. The molecule has 1 fully saturated rings. The molecule has 2 heterocycles. The fourth-order valence-electron chi connectivity index (χ4n) is 3.45. The van der Waals surface area contributed by atoms with E-state index in [2.05, 4.69) is 54.7 Å². The van der Waals surface area contributed by atoms with Crippen LogP contribution in [0.2, 0.25) is 0 Å². The maximum absolute atomic E-state index is 6.11. The zero-order valence-corrected chi connectivity index (χ0v) is 18.4. The number of nitrogens with one attached hydrogen (secondary N) is 2. The third-order valence-corrected chi connectivity index (χ3v) is 5.10. The van der Waals surface area contributed by atoms with E-state index in [-0.39, 0.29) is 6.10 Å². The second-order valence-corrected chi connectivity index (χ2v) is 7.97. The Bertz CT molecular complexity index is 785. The minimum atomic E-state index is 0.206. The zero-order valence-electron chi connectivity index (χ0n) is 18.4. The molecule has 0 saturated carbocycles. The van der Waals surface area contributed by atoms with Crippen LogP contribution >= 0.6 is 0 Å². The van der Waals surface area contributed by atoms with E-state index >= 15 is 0 Å². The lowest BCUT2D eigenvalue weighted by molar-refractivity contribution is 0.0676. The molecule has 2 unspecified atom stereocenters. The maximum Gasteiger partial charge on any atom is 0.191 e.